The molecule has 0 spiro atoms. The number of benzene rings is 2. The van der Waals surface area contributed by atoms with Crippen LogP contribution < -0.4 is 15.5 Å². The smallest absolute Gasteiger partial charge is 0.327 e. The highest BCUT2D eigenvalue weighted by atomic mass is 32.1. The zero-order chi connectivity index (χ0) is 24.6. The van der Waals surface area contributed by atoms with Gasteiger partial charge in [0.25, 0.3) is 0 Å². The summed E-state index contributed by atoms with van der Waals surface area (Å²) >= 11 is 4.53. The second-order valence-corrected chi connectivity index (χ2v) is 9.88. The molecule has 2 aromatic carbocycles. The van der Waals surface area contributed by atoms with E-state index in [0.29, 0.717) is 12.5 Å². The molecule has 8 heteroatoms. The molecule has 0 radical (unpaired) electrons. The summed E-state index contributed by atoms with van der Waals surface area (Å²) in [5.41, 5.74) is 2.27. The minimum absolute atomic E-state index is 0.0991. The van der Waals surface area contributed by atoms with Crippen molar-refractivity contribution in [1.82, 2.24) is 19.6 Å². The highest BCUT2D eigenvalue weighted by molar-refractivity contribution is 7.78. The van der Waals surface area contributed by atoms with Crippen molar-refractivity contribution >= 4 is 41.5 Å². The zero-order valence-electron chi connectivity index (χ0n) is 20.7. The number of amides is 2. The number of nitrogens with zero attached hydrogens (tertiary/aromatic N) is 4. The van der Waals surface area contributed by atoms with Gasteiger partial charge in [0.15, 0.2) is 0 Å². The fourth-order valence-electron chi connectivity index (χ4n) is 4.65. The summed E-state index contributed by atoms with van der Waals surface area (Å²) in [6.45, 7) is 0.674. The Kier molecular flexibility index (Phi) is 8.69. The number of rotatable bonds is 9. The second-order valence-electron chi connectivity index (χ2n) is 9.45. The van der Waals surface area contributed by atoms with Gasteiger partial charge in [-0.1, -0.05) is 55.3 Å². The number of hydrogen-bond acceptors (Lipinski definition) is 6. The van der Waals surface area contributed by atoms with Gasteiger partial charge in [-0.05, 0) is 62.6 Å². The van der Waals surface area contributed by atoms with Crippen LogP contribution in [0.3, 0.4) is 0 Å². The van der Waals surface area contributed by atoms with E-state index in [1.54, 1.807) is 4.31 Å². The number of hydrogen-bond donors (Lipinski definition) is 3. The Balaban J connectivity index is 1.21. The number of para-hydroxylation sites is 1. The van der Waals surface area contributed by atoms with Crippen molar-refractivity contribution in [3.05, 3.63) is 60.2 Å². The van der Waals surface area contributed by atoms with E-state index in [9.17, 15) is 4.79 Å². The first-order valence-electron chi connectivity index (χ1n) is 12.5. The number of fused-ring (bicyclic) bond motifs is 1. The van der Waals surface area contributed by atoms with Gasteiger partial charge in [-0.15, -0.1) is 0 Å². The standard InChI is InChI=1S/C27H36N6OS/c1-32(2)25-23-13-6-7-14-24(23)30-26(31-25)29-21-15-17-22(18-16-21)33(35)27(34)28-19-9-8-12-20-10-4-3-5-11-20/h3-7,10-11,13-14,21-22,35H,8-9,12,15-19H2,1-2H3,(H,28,34)(H,29,30,31). The van der Waals surface area contributed by atoms with Gasteiger partial charge in [-0.25, -0.2) is 9.78 Å². The minimum atomic E-state index is -0.0991. The molecule has 0 aliphatic heterocycles. The fourth-order valence-corrected chi connectivity index (χ4v) is 4.96. The molecule has 0 bridgehead atoms. The maximum atomic E-state index is 12.6. The third-order valence-electron chi connectivity index (χ3n) is 6.60. The number of unbranched alkanes of at least 4 members (excludes halogenated alkanes) is 1. The maximum absolute atomic E-state index is 12.6. The minimum Gasteiger partial charge on any atom is -0.362 e. The monoisotopic (exact) mass is 492 g/mol. The summed E-state index contributed by atoms with van der Waals surface area (Å²) in [7, 11) is 4.00. The third kappa shape index (κ3) is 6.78. The predicted molar refractivity (Wildman–Crippen MR) is 147 cm³/mol. The summed E-state index contributed by atoms with van der Waals surface area (Å²) in [4.78, 5) is 24.1. The van der Waals surface area contributed by atoms with Crippen molar-refractivity contribution in [1.29, 1.82) is 0 Å². The normalized spacial score (nSPS) is 17.7. The van der Waals surface area contributed by atoms with E-state index in [1.165, 1.54) is 5.56 Å². The van der Waals surface area contributed by atoms with E-state index in [-0.39, 0.29) is 18.1 Å². The van der Waals surface area contributed by atoms with Crippen molar-refractivity contribution in [2.45, 2.75) is 57.0 Å². The molecule has 1 fully saturated rings. The number of nitrogens with one attached hydrogen (secondary N) is 2. The van der Waals surface area contributed by atoms with Crippen LogP contribution in [-0.2, 0) is 6.42 Å². The summed E-state index contributed by atoms with van der Waals surface area (Å²) < 4.78 is 1.59. The summed E-state index contributed by atoms with van der Waals surface area (Å²) in [5.74, 6) is 1.57. The van der Waals surface area contributed by atoms with Crippen LogP contribution in [0, 0.1) is 0 Å². The molecular weight excluding hydrogens is 456 g/mol. The van der Waals surface area contributed by atoms with Crippen molar-refractivity contribution in [2.24, 2.45) is 0 Å². The van der Waals surface area contributed by atoms with Crippen LogP contribution in [-0.4, -0.2) is 53.0 Å². The van der Waals surface area contributed by atoms with E-state index < -0.39 is 0 Å². The SMILES string of the molecule is CN(C)c1nc(NC2CCC(N(S)C(=O)NCCCCc3ccccc3)CC2)nc2ccccc12. The van der Waals surface area contributed by atoms with Gasteiger partial charge in [-0.2, -0.15) is 4.98 Å². The van der Waals surface area contributed by atoms with E-state index in [1.807, 2.05) is 43.3 Å². The third-order valence-corrected chi connectivity index (χ3v) is 7.11. The predicted octanol–water partition coefficient (Wildman–Crippen LogP) is 5.30. The van der Waals surface area contributed by atoms with E-state index in [0.717, 1.165) is 61.7 Å². The molecule has 0 saturated heterocycles. The molecule has 2 amide bonds. The fraction of sp³-hybridized carbons (Fsp3) is 0.444. The number of aryl methyl sites for hydroxylation is 1. The molecule has 4 rings (SSSR count). The lowest BCUT2D eigenvalue weighted by atomic mass is 9.91. The van der Waals surface area contributed by atoms with Crippen LogP contribution in [0.1, 0.15) is 44.1 Å². The quantitative estimate of drug-likeness (QED) is 0.279. The van der Waals surface area contributed by atoms with Crippen LogP contribution >= 0.6 is 12.8 Å². The van der Waals surface area contributed by atoms with Crippen LogP contribution in [0.15, 0.2) is 54.6 Å². The average molecular weight is 493 g/mol. The first kappa shape index (κ1) is 25.1. The van der Waals surface area contributed by atoms with Crippen molar-refractivity contribution < 1.29 is 4.79 Å². The number of urea groups is 1. The molecule has 1 aliphatic rings. The highest BCUT2D eigenvalue weighted by Gasteiger charge is 2.27. The van der Waals surface area contributed by atoms with Crippen LogP contribution in [0.4, 0.5) is 16.6 Å². The van der Waals surface area contributed by atoms with Crippen molar-refractivity contribution in [2.75, 3.05) is 30.9 Å². The van der Waals surface area contributed by atoms with Gasteiger partial charge in [0.1, 0.15) is 5.82 Å². The first-order chi connectivity index (χ1) is 17.0. The Bertz CT molecular complexity index is 1100. The van der Waals surface area contributed by atoms with Crippen LogP contribution in [0.25, 0.3) is 10.9 Å². The number of carbonyl (C=O) groups excluding carboxylic acids is 1. The summed E-state index contributed by atoms with van der Waals surface area (Å²) in [6, 6.07) is 18.9. The number of anilines is 2. The Morgan fingerprint density at radius 2 is 1.69 bits per heavy atom. The van der Waals surface area contributed by atoms with Gasteiger partial charge in [-0.3, -0.25) is 4.31 Å². The molecular formula is C27H36N6OS. The van der Waals surface area contributed by atoms with Crippen LogP contribution in [0.5, 0.6) is 0 Å². The Morgan fingerprint density at radius 3 is 2.43 bits per heavy atom. The molecule has 3 aromatic rings. The van der Waals surface area contributed by atoms with E-state index in [4.69, 9.17) is 9.97 Å². The zero-order valence-corrected chi connectivity index (χ0v) is 21.5. The lowest BCUT2D eigenvalue weighted by Crippen LogP contribution is -2.43. The number of aromatic nitrogens is 2. The molecule has 2 N–H and O–H groups in total. The van der Waals surface area contributed by atoms with Gasteiger partial charge >= 0.3 is 6.03 Å². The lowest BCUT2D eigenvalue weighted by molar-refractivity contribution is 0.204. The second kappa shape index (κ2) is 12.1. The van der Waals surface area contributed by atoms with Gasteiger partial charge in [0, 0.05) is 38.1 Å². The number of thiol groups is 1. The summed E-state index contributed by atoms with van der Waals surface area (Å²) in [6.07, 6.45) is 6.74. The van der Waals surface area contributed by atoms with Gasteiger partial charge in [0.05, 0.1) is 5.52 Å². The first-order valence-corrected chi connectivity index (χ1v) is 12.9. The maximum Gasteiger partial charge on any atom is 0.327 e. The molecule has 1 saturated carbocycles. The molecule has 1 aliphatic carbocycles. The van der Waals surface area contributed by atoms with E-state index in [2.05, 4.69) is 53.8 Å². The topological polar surface area (TPSA) is 73.4 Å². The molecule has 1 heterocycles. The van der Waals surface area contributed by atoms with Gasteiger partial charge in [0.2, 0.25) is 5.95 Å². The molecule has 186 valence electrons. The lowest BCUT2D eigenvalue weighted by Gasteiger charge is -2.34. The largest absolute Gasteiger partial charge is 0.362 e. The molecule has 7 nitrogen and oxygen atoms in total. The van der Waals surface area contributed by atoms with Gasteiger partial charge < -0.3 is 15.5 Å². The molecule has 0 unspecified atom stereocenters. The van der Waals surface area contributed by atoms with Crippen molar-refractivity contribution in [3.8, 4) is 0 Å². The molecule has 35 heavy (non-hydrogen) atoms. The van der Waals surface area contributed by atoms with E-state index >= 15 is 0 Å². The Labute approximate surface area is 213 Å². The highest BCUT2D eigenvalue weighted by Crippen LogP contribution is 2.28. The number of carbonyl (C=O) groups is 1. The Morgan fingerprint density at radius 1 is 0.971 bits per heavy atom. The summed E-state index contributed by atoms with van der Waals surface area (Å²) in [5, 5.41) is 7.59. The average Bonchev–Trinajstić information content (AvgIpc) is 2.88. The molecule has 1 aromatic heterocycles. The molecule has 0 atom stereocenters. The van der Waals surface area contributed by atoms with Crippen molar-refractivity contribution in [3.63, 3.8) is 0 Å². The Hall–Kier alpha value is -3.00. The van der Waals surface area contributed by atoms with Crippen LogP contribution in [0.2, 0.25) is 0 Å².